The van der Waals surface area contributed by atoms with Crippen molar-refractivity contribution >= 4 is 22.6 Å². The Morgan fingerprint density at radius 1 is 1.35 bits per heavy atom. The van der Waals surface area contributed by atoms with E-state index in [1.54, 1.807) is 0 Å². The third-order valence-electron chi connectivity index (χ3n) is 4.81. The molecule has 1 fully saturated rings. The highest BCUT2D eigenvalue weighted by Gasteiger charge is 2.33. The highest BCUT2D eigenvalue weighted by Crippen LogP contribution is 2.34. The van der Waals surface area contributed by atoms with Crippen molar-refractivity contribution in [3.05, 3.63) is 23.8 Å². The third kappa shape index (κ3) is 8.67. The second kappa shape index (κ2) is 10.9. The van der Waals surface area contributed by atoms with Crippen molar-refractivity contribution in [2.45, 2.75) is 81.7 Å². The smallest absolute Gasteiger partial charge is 0.124 e. The molecule has 2 atom stereocenters. The first-order valence-electron chi connectivity index (χ1n) is 9.30. The number of alkyl halides is 2. The van der Waals surface area contributed by atoms with Crippen LogP contribution in [0.5, 0.6) is 0 Å². The largest absolute Gasteiger partial charge is 0.300 e. The van der Waals surface area contributed by atoms with Gasteiger partial charge in [0.2, 0.25) is 0 Å². The van der Waals surface area contributed by atoms with Gasteiger partial charge in [-0.2, -0.15) is 0 Å². The summed E-state index contributed by atoms with van der Waals surface area (Å²) in [5.41, 5.74) is 1.74. The quantitative estimate of drug-likeness (QED) is 0.174. The molecule has 0 bridgehead atoms. The Bertz CT molecular complexity index is 391. The lowest BCUT2D eigenvalue weighted by Crippen LogP contribution is -2.40. The van der Waals surface area contributed by atoms with Gasteiger partial charge in [0.15, 0.2) is 0 Å². The Morgan fingerprint density at radius 2 is 2.09 bits per heavy atom. The van der Waals surface area contributed by atoms with E-state index in [0.29, 0.717) is 16.9 Å². The van der Waals surface area contributed by atoms with Crippen LogP contribution in [0.25, 0.3) is 0 Å². The van der Waals surface area contributed by atoms with Crippen LogP contribution in [0.1, 0.15) is 72.1 Å². The van der Waals surface area contributed by atoms with Gasteiger partial charge in [-0.25, -0.2) is 4.39 Å². The van der Waals surface area contributed by atoms with E-state index < -0.39 is 5.67 Å². The van der Waals surface area contributed by atoms with Crippen molar-refractivity contribution in [1.29, 1.82) is 0 Å². The van der Waals surface area contributed by atoms with Crippen LogP contribution in [0.2, 0.25) is 0 Å². The summed E-state index contributed by atoms with van der Waals surface area (Å²) in [6.07, 6.45) is 9.88. The first kappa shape index (κ1) is 21.1. The van der Waals surface area contributed by atoms with E-state index >= 15 is 4.39 Å². The number of halogens is 2. The van der Waals surface area contributed by atoms with Gasteiger partial charge in [-0.15, -0.1) is 0 Å². The lowest BCUT2D eigenvalue weighted by atomic mass is 9.95. The molecule has 3 heteroatoms. The van der Waals surface area contributed by atoms with Crippen LogP contribution in [0, 0.1) is 0 Å². The first-order valence-corrected chi connectivity index (χ1v) is 10.5. The number of allylic oxidation sites excluding steroid dienone is 2. The summed E-state index contributed by atoms with van der Waals surface area (Å²) in [5.74, 6) is 0. The Labute approximate surface area is 156 Å². The van der Waals surface area contributed by atoms with Crippen molar-refractivity contribution in [3.63, 3.8) is 0 Å². The second-order valence-electron chi connectivity index (χ2n) is 7.14. The standard InChI is InChI=1S/C20H35FIN/c1-5-13-23(14-10-17(3)6-2)16-20(21)11-7-8-19(9-12-20)15-18(4)22/h15,18H,3,5-14,16H2,1-2,4H3/b19-15-. The zero-order valence-corrected chi connectivity index (χ0v) is 17.5. The van der Waals surface area contributed by atoms with E-state index in [9.17, 15) is 0 Å². The molecule has 0 aromatic carbocycles. The minimum atomic E-state index is -1.01. The molecular formula is C20H35FIN. The van der Waals surface area contributed by atoms with Crippen LogP contribution < -0.4 is 0 Å². The maximum absolute atomic E-state index is 15.4. The molecule has 134 valence electrons. The van der Waals surface area contributed by atoms with Gasteiger partial charge < -0.3 is 0 Å². The van der Waals surface area contributed by atoms with Gasteiger partial charge in [-0.1, -0.05) is 60.2 Å². The molecule has 0 heterocycles. The van der Waals surface area contributed by atoms with Crippen LogP contribution in [0.4, 0.5) is 4.39 Å². The zero-order chi connectivity index (χ0) is 17.3. The highest BCUT2D eigenvalue weighted by atomic mass is 127. The molecule has 0 aromatic heterocycles. The Hall–Kier alpha value is 0.100. The number of nitrogens with zero attached hydrogens (tertiary/aromatic N) is 1. The predicted octanol–water partition coefficient (Wildman–Crippen LogP) is 6.48. The molecule has 1 rings (SSSR count). The molecule has 1 nitrogen and oxygen atoms in total. The van der Waals surface area contributed by atoms with Crippen LogP contribution >= 0.6 is 22.6 Å². The molecule has 0 radical (unpaired) electrons. The fourth-order valence-electron chi connectivity index (χ4n) is 3.40. The first-order chi connectivity index (χ1) is 10.9. The normalized spacial score (nSPS) is 25.6. The monoisotopic (exact) mass is 435 g/mol. The maximum Gasteiger partial charge on any atom is 0.124 e. The second-order valence-corrected chi connectivity index (χ2v) is 9.10. The van der Waals surface area contributed by atoms with Crippen LogP contribution in [-0.2, 0) is 0 Å². The summed E-state index contributed by atoms with van der Waals surface area (Å²) < 4.78 is 16.0. The maximum atomic E-state index is 15.4. The van der Waals surface area contributed by atoms with Gasteiger partial charge in [0.05, 0.1) is 0 Å². The van der Waals surface area contributed by atoms with Gasteiger partial charge in [0.25, 0.3) is 0 Å². The lowest BCUT2D eigenvalue weighted by molar-refractivity contribution is 0.0774. The van der Waals surface area contributed by atoms with Crippen LogP contribution in [0.3, 0.4) is 0 Å². The predicted molar refractivity (Wildman–Crippen MR) is 109 cm³/mol. The molecule has 2 unspecified atom stereocenters. The SMILES string of the molecule is C=C(CC)CCN(CCC)CC1(F)CCC/C(=C/C(C)I)CC1. The Morgan fingerprint density at radius 3 is 2.70 bits per heavy atom. The summed E-state index contributed by atoms with van der Waals surface area (Å²) in [6.45, 7) is 13.2. The molecule has 0 N–H and O–H groups in total. The molecule has 1 saturated carbocycles. The van der Waals surface area contributed by atoms with E-state index in [-0.39, 0.29) is 0 Å². The van der Waals surface area contributed by atoms with E-state index in [0.717, 1.165) is 58.0 Å². The van der Waals surface area contributed by atoms with Crippen molar-refractivity contribution in [3.8, 4) is 0 Å². The van der Waals surface area contributed by atoms with Crippen molar-refractivity contribution in [1.82, 2.24) is 4.90 Å². The van der Waals surface area contributed by atoms with E-state index in [4.69, 9.17) is 0 Å². The Kier molecular flexibility index (Phi) is 9.98. The fraction of sp³-hybridized carbons (Fsp3) is 0.800. The zero-order valence-electron chi connectivity index (χ0n) is 15.3. The third-order valence-corrected chi connectivity index (χ3v) is 5.17. The summed E-state index contributed by atoms with van der Waals surface area (Å²) in [4.78, 5) is 2.33. The van der Waals surface area contributed by atoms with Crippen LogP contribution in [0.15, 0.2) is 23.8 Å². The molecule has 0 aromatic rings. The molecule has 0 amide bonds. The minimum absolute atomic E-state index is 0.548. The van der Waals surface area contributed by atoms with Gasteiger partial charge in [-0.05, 0) is 64.8 Å². The molecule has 0 saturated heterocycles. The van der Waals surface area contributed by atoms with Crippen LogP contribution in [-0.4, -0.2) is 34.1 Å². The lowest BCUT2D eigenvalue weighted by Gasteiger charge is -2.32. The van der Waals surface area contributed by atoms with Gasteiger partial charge >= 0.3 is 0 Å². The summed E-state index contributed by atoms with van der Waals surface area (Å²) in [5, 5.41) is 0. The van der Waals surface area contributed by atoms with Crippen molar-refractivity contribution in [2.24, 2.45) is 0 Å². The molecule has 1 aliphatic rings. The van der Waals surface area contributed by atoms with Gasteiger partial charge in [0, 0.05) is 17.0 Å². The molecule has 0 aliphatic heterocycles. The summed E-state index contributed by atoms with van der Waals surface area (Å²) in [7, 11) is 0. The average molecular weight is 435 g/mol. The molecule has 1 aliphatic carbocycles. The highest BCUT2D eigenvalue weighted by molar-refractivity contribution is 14.1. The number of hydrogen-bond acceptors (Lipinski definition) is 1. The fourth-order valence-corrected chi connectivity index (χ4v) is 3.90. The molecular weight excluding hydrogens is 400 g/mol. The number of hydrogen-bond donors (Lipinski definition) is 0. The average Bonchev–Trinajstić information content (AvgIpc) is 2.66. The number of rotatable bonds is 9. The molecule has 0 spiro atoms. The summed E-state index contributed by atoms with van der Waals surface area (Å²) in [6, 6.07) is 0. The topological polar surface area (TPSA) is 3.24 Å². The van der Waals surface area contributed by atoms with Gasteiger partial charge in [0.1, 0.15) is 5.67 Å². The van der Waals surface area contributed by atoms with E-state index in [1.807, 2.05) is 0 Å². The van der Waals surface area contributed by atoms with Gasteiger partial charge in [-0.3, -0.25) is 4.90 Å². The van der Waals surface area contributed by atoms with E-state index in [2.05, 4.69) is 60.9 Å². The van der Waals surface area contributed by atoms with E-state index in [1.165, 1.54) is 11.1 Å². The minimum Gasteiger partial charge on any atom is -0.300 e. The Balaban J connectivity index is 2.61. The summed E-state index contributed by atoms with van der Waals surface area (Å²) >= 11 is 2.43. The van der Waals surface area contributed by atoms with Crippen molar-refractivity contribution < 1.29 is 4.39 Å². The van der Waals surface area contributed by atoms with Crippen molar-refractivity contribution in [2.75, 3.05) is 19.6 Å². The molecule has 23 heavy (non-hydrogen) atoms.